The van der Waals surface area contributed by atoms with Gasteiger partial charge in [0.05, 0.1) is 11.8 Å². The van der Waals surface area contributed by atoms with Gasteiger partial charge in [-0.25, -0.2) is 17.5 Å². The van der Waals surface area contributed by atoms with Crippen molar-refractivity contribution in [3.63, 3.8) is 0 Å². The number of hydrogen-bond acceptors (Lipinski definition) is 5. The number of hydrogen-bond donors (Lipinski definition) is 0. The molecule has 2 fully saturated rings. The van der Waals surface area contributed by atoms with Gasteiger partial charge in [-0.05, 0) is 19.8 Å². The van der Waals surface area contributed by atoms with Gasteiger partial charge < -0.3 is 9.64 Å². The Morgan fingerprint density at radius 1 is 1.13 bits per heavy atom. The molecule has 0 unspecified atom stereocenters. The minimum Gasteiger partial charge on any atom is -0.450 e. The third kappa shape index (κ3) is 2.78. The van der Waals surface area contributed by atoms with Crippen LogP contribution in [0, 0.1) is 0 Å². The van der Waals surface area contributed by atoms with Crippen molar-refractivity contribution in [1.82, 2.24) is 9.21 Å². The molecule has 0 radical (unpaired) electrons. The molecule has 3 rings (SSSR count). The summed E-state index contributed by atoms with van der Waals surface area (Å²) in [7, 11) is -3.27. The predicted molar refractivity (Wildman–Crippen MR) is 83.0 cm³/mol. The summed E-state index contributed by atoms with van der Waals surface area (Å²) in [4.78, 5) is 26.7. The highest BCUT2D eigenvalue weighted by atomic mass is 32.2. The number of ether oxygens (including phenoxy) is 1. The first kappa shape index (κ1) is 16.4. The second kappa shape index (κ2) is 5.59. The number of amides is 1. The average Bonchev–Trinajstić information content (AvgIpc) is 3.07. The first-order valence-electron chi connectivity index (χ1n) is 7.94. The standard InChI is InChI=1S/C15H22N2O5S/c1-11-12(13(18)16-7-3-4-8-16)15(22-14(11)19)5-9-17(10-6-15)23(2,20)21/h3-10H2,1-2H3. The van der Waals surface area contributed by atoms with E-state index in [9.17, 15) is 18.0 Å². The third-order valence-corrected chi connectivity index (χ3v) is 6.33. The van der Waals surface area contributed by atoms with E-state index in [0.29, 0.717) is 37.1 Å². The molecule has 0 aromatic carbocycles. The molecule has 3 heterocycles. The van der Waals surface area contributed by atoms with Crippen LogP contribution in [0.25, 0.3) is 0 Å². The van der Waals surface area contributed by atoms with E-state index in [1.54, 1.807) is 11.8 Å². The van der Waals surface area contributed by atoms with Crippen molar-refractivity contribution in [3.05, 3.63) is 11.1 Å². The van der Waals surface area contributed by atoms with Crippen LogP contribution in [0.2, 0.25) is 0 Å². The van der Waals surface area contributed by atoms with Gasteiger partial charge in [-0.2, -0.15) is 0 Å². The minimum atomic E-state index is -3.27. The lowest BCUT2D eigenvalue weighted by molar-refractivity contribution is -0.150. The number of likely N-dealkylation sites (tertiary alicyclic amines) is 1. The number of rotatable bonds is 2. The van der Waals surface area contributed by atoms with Gasteiger partial charge in [0.25, 0.3) is 5.91 Å². The van der Waals surface area contributed by atoms with Gasteiger partial charge in [0.2, 0.25) is 10.0 Å². The number of esters is 1. The van der Waals surface area contributed by atoms with Crippen LogP contribution < -0.4 is 0 Å². The molecule has 0 N–H and O–H groups in total. The molecule has 8 heteroatoms. The van der Waals surface area contributed by atoms with E-state index < -0.39 is 21.6 Å². The summed E-state index contributed by atoms with van der Waals surface area (Å²) < 4.78 is 30.3. The van der Waals surface area contributed by atoms with E-state index in [4.69, 9.17) is 4.74 Å². The number of carbonyl (C=O) groups excluding carboxylic acids is 2. The first-order valence-corrected chi connectivity index (χ1v) is 9.78. The quantitative estimate of drug-likeness (QED) is 0.673. The second-order valence-corrected chi connectivity index (χ2v) is 8.53. The molecule has 0 atom stereocenters. The van der Waals surface area contributed by atoms with E-state index in [1.807, 2.05) is 0 Å². The number of nitrogens with zero attached hydrogens (tertiary/aromatic N) is 2. The fourth-order valence-electron chi connectivity index (χ4n) is 3.71. The fourth-order valence-corrected chi connectivity index (χ4v) is 4.56. The molecule has 3 aliphatic heterocycles. The minimum absolute atomic E-state index is 0.126. The van der Waals surface area contributed by atoms with Crippen molar-refractivity contribution in [2.75, 3.05) is 32.4 Å². The van der Waals surface area contributed by atoms with Gasteiger partial charge in [0.15, 0.2) is 0 Å². The van der Waals surface area contributed by atoms with E-state index in [-0.39, 0.29) is 19.0 Å². The van der Waals surface area contributed by atoms with Crippen LogP contribution in [0.1, 0.15) is 32.6 Å². The topological polar surface area (TPSA) is 84.0 Å². The van der Waals surface area contributed by atoms with Crippen molar-refractivity contribution in [3.8, 4) is 0 Å². The van der Waals surface area contributed by atoms with Crippen LogP contribution in [-0.2, 0) is 24.3 Å². The first-order chi connectivity index (χ1) is 10.7. The summed E-state index contributed by atoms with van der Waals surface area (Å²) in [5.74, 6) is -0.584. The molecular formula is C15H22N2O5S. The summed E-state index contributed by atoms with van der Waals surface area (Å²) in [6.07, 6.45) is 3.78. The normalized spacial score (nSPS) is 25.3. The average molecular weight is 342 g/mol. The van der Waals surface area contributed by atoms with Crippen LogP contribution in [-0.4, -0.2) is 67.5 Å². The Balaban J connectivity index is 1.87. The zero-order valence-corrected chi connectivity index (χ0v) is 14.3. The smallest absolute Gasteiger partial charge is 0.335 e. The number of sulfonamides is 1. The Morgan fingerprint density at radius 3 is 2.22 bits per heavy atom. The zero-order valence-electron chi connectivity index (χ0n) is 13.5. The molecule has 1 spiro atoms. The van der Waals surface area contributed by atoms with Crippen molar-refractivity contribution >= 4 is 21.9 Å². The summed E-state index contributed by atoms with van der Waals surface area (Å²) in [6.45, 7) is 3.56. The highest BCUT2D eigenvalue weighted by molar-refractivity contribution is 7.88. The van der Waals surface area contributed by atoms with Gasteiger partial charge in [0.1, 0.15) is 5.60 Å². The molecule has 0 bridgehead atoms. The Labute approximate surface area is 136 Å². The lowest BCUT2D eigenvalue weighted by Crippen LogP contribution is -2.50. The second-order valence-electron chi connectivity index (χ2n) is 6.55. The van der Waals surface area contributed by atoms with E-state index >= 15 is 0 Å². The lowest BCUT2D eigenvalue weighted by atomic mass is 9.83. The molecule has 1 amide bonds. The van der Waals surface area contributed by atoms with Gasteiger partial charge in [-0.3, -0.25) is 4.79 Å². The van der Waals surface area contributed by atoms with Crippen molar-refractivity contribution in [2.45, 2.75) is 38.2 Å². The maximum Gasteiger partial charge on any atom is 0.335 e. The Hall–Kier alpha value is -1.41. The largest absolute Gasteiger partial charge is 0.450 e. The highest BCUT2D eigenvalue weighted by Crippen LogP contribution is 2.42. The van der Waals surface area contributed by atoms with Gasteiger partial charge in [0, 0.05) is 44.6 Å². The molecule has 0 aromatic rings. The van der Waals surface area contributed by atoms with Crippen LogP contribution in [0.5, 0.6) is 0 Å². The van der Waals surface area contributed by atoms with Crippen LogP contribution in [0.3, 0.4) is 0 Å². The van der Waals surface area contributed by atoms with Crippen LogP contribution >= 0.6 is 0 Å². The predicted octanol–water partition coefficient (Wildman–Crippen LogP) is 0.276. The third-order valence-electron chi connectivity index (χ3n) is 5.03. The molecule has 0 aliphatic carbocycles. The summed E-state index contributed by atoms with van der Waals surface area (Å²) >= 11 is 0. The molecule has 2 saturated heterocycles. The SMILES string of the molecule is CC1=C(C(=O)N2CCCC2)C2(CCN(S(C)(=O)=O)CC2)OC1=O. The van der Waals surface area contributed by atoms with Gasteiger partial charge >= 0.3 is 5.97 Å². The molecule has 23 heavy (non-hydrogen) atoms. The number of carbonyl (C=O) groups is 2. The molecule has 0 aromatic heterocycles. The van der Waals surface area contributed by atoms with E-state index in [2.05, 4.69) is 0 Å². The Bertz CT molecular complexity index is 668. The van der Waals surface area contributed by atoms with Crippen LogP contribution in [0.15, 0.2) is 11.1 Å². The maximum atomic E-state index is 12.9. The van der Waals surface area contributed by atoms with E-state index in [1.165, 1.54) is 10.6 Å². The Morgan fingerprint density at radius 2 is 1.70 bits per heavy atom. The molecule has 0 saturated carbocycles. The molecule has 7 nitrogen and oxygen atoms in total. The molecule has 3 aliphatic rings. The lowest BCUT2D eigenvalue weighted by Gasteiger charge is -2.39. The monoisotopic (exact) mass is 342 g/mol. The van der Waals surface area contributed by atoms with Crippen molar-refractivity contribution < 1.29 is 22.7 Å². The van der Waals surface area contributed by atoms with Gasteiger partial charge in [-0.1, -0.05) is 0 Å². The molecular weight excluding hydrogens is 320 g/mol. The molecule has 128 valence electrons. The highest BCUT2D eigenvalue weighted by Gasteiger charge is 2.52. The summed E-state index contributed by atoms with van der Waals surface area (Å²) in [5.41, 5.74) is -0.144. The van der Waals surface area contributed by atoms with Crippen molar-refractivity contribution in [2.24, 2.45) is 0 Å². The Kier molecular flexibility index (Phi) is 4.00. The van der Waals surface area contributed by atoms with Crippen molar-refractivity contribution in [1.29, 1.82) is 0 Å². The summed E-state index contributed by atoms with van der Waals surface area (Å²) in [5, 5.41) is 0. The van der Waals surface area contributed by atoms with E-state index in [0.717, 1.165) is 12.8 Å². The fraction of sp³-hybridized carbons (Fsp3) is 0.733. The summed E-state index contributed by atoms with van der Waals surface area (Å²) in [6, 6.07) is 0. The zero-order chi connectivity index (χ0) is 16.8. The number of piperidine rings is 1. The van der Waals surface area contributed by atoms with Crippen LogP contribution in [0.4, 0.5) is 0 Å². The van der Waals surface area contributed by atoms with Gasteiger partial charge in [-0.15, -0.1) is 0 Å². The maximum absolute atomic E-state index is 12.9.